The fourth-order valence-electron chi connectivity index (χ4n) is 2.22. The zero-order valence-corrected chi connectivity index (χ0v) is 14.6. The van der Waals surface area contributed by atoms with Crippen LogP contribution < -0.4 is 10.6 Å². The van der Waals surface area contributed by atoms with Crippen molar-refractivity contribution in [2.75, 3.05) is 5.32 Å². The maximum atomic E-state index is 12.3. The van der Waals surface area contributed by atoms with Gasteiger partial charge < -0.3 is 10.6 Å². The number of halogens is 1. The van der Waals surface area contributed by atoms with Crippen LogP contribution in [-0.4, -0.2) is 17.9 Å². The van der Waals surface area contributed by atoms with Gasteiger partial charge >= 0.3 is 0 Å². The van der Waals surface area contributed by atoms with E-state index in [0.29, 0.717) is 16.3 Å². The summed E-state index contributed by atoms with van der Waals surface area (Å²) in [6.07, 6.45) is 1.04. The van der Waals surface area contributed by atoms with E-state index in [1.165, 1.54) is 0 Å². The number of anilines is 1. The van der Waals surface area contributed by atoms with E-state index >= 15 is 0 Å². The number of rotatable bonds is 6. The average molecular weight is 345 g/mol. The van der Waals surface area contributed by atoms with Gasteiger partial charge in [-0.1, -0.05) is 42.8 Å². The van der Waals surface area contributed by atoms with E-state index in [1.54, 1.807) is 42.5 Å². The number of carbonyl (C=O) groups excluding carboxylic acids is 2. The fourth-order valence-corrected chi connectivity index (χ4v) is 2.43. The van der Waals surface area contributed by atoms with Gasteiger partial charge in [0, 0.05) is 11.1 Å². The van der Waals surface area contributed by atoms with E-state index in [4.69, 9.17) is 11.6 Å². The third kappa shape index (κ3) is 5.10. The van der Waals surface area contributed by atoms with Crippen molar-refractivity contribution in [3.8, 4) is 0 Å². The van der Waals surface area contributed by atoms with Gasteiger partial charge in [-0.15, -0.1) is 0 Å². The molecule has 2 aromatic carbocycles. The van der Waals surface area contributed by atoms with Crippen LogP contribution in [0.4, 0.5) is 5.69 Å². The van der Waals surface area contributed by atoms with E-state index in [0.717, 1.165) is 12.0 Å². The van der Waals surface area contributed by atoms with Crippen LogP contribution in [0.25, 0.3) is 0 Å². The molecule has 0 saturated carbocycles. The molecular weight excluding hydrogens is 324 g/mol. The second-order valence-corrected chi connectivity index (χ2v) is 6.12. The summed E-state index contributed by atoms with van der Waals surface area (Å²) < 4.78 is 0. The first-order valence-electron chi connectivity index (χ1n) is 7.93. The van der Waals surface area contributed by atoms with Crippen molar-refractivity contribution in [3.05, 3.63) is 64.7 Å². The summed E-state index contributed by atoms with van der Waals surface area (Å²) >= 11 is 5.93. The third-order valence-electron chi connectivity index (χ3n) is 3.69. The molecule has 0 aliphatic heterocycles. The number of amides is 2. The van der Waals surface area contributed by atoms with Crippen LogP contribution in [0.1, 0.15) is 36.2 Å². The van der Waals surface area contributed by atoms with Crippen molar-refractivity contribution in [3.63, 3.8) is 0 Å². The molecule has 0 fully saturated rings. The van der Waals surface area contributed by atoms with E-state index < -0.39 is 0 Å². The SMILES string of the molecule is CCC(C)NC(=O)c1ccccc1NC(=O)Cc1cccc(Cl)c1. The Kier molecular flexibility index (Phi) is 6.38. The maximum absolute atomic E-state index is 12.3. The highest BCUT2D eigenvalue weighted by molar-refractivity contribution is 6.30. The Morgan fingerprint density at radius 3 is 2.58 bits per heavy atom. The second kappa shape index (κ2) is 8.50. The van der Waals surface area contributed by atoms with Crippen LogP contribution in [-0.2, 0) is 11.2 Å². The lowest BCUT2D eigenvalue weighted by Crippen LogP contribution is -2.32. The van der Waals surface area contributed by atoms with Crippen LogP contribution in [0.3, 0.4) is 0 Å². The van der Waals surface area contributed by atoms with Gasteiger partial charge in [-0.05, 0) is 43.2 Å². The first-order chi connectivity index (χ1) is 11.5. The number of hydrogen-bond acceptors (Lipinski definition) is 2. The zero-order valence-electron chi connectivity index (χ0n) is 13.8. The first kappa shape index (κ1) is 18.0. The van der Waals surface area contributed by atoms with E-state index in [-0.39, 0.29) is 24.3 Å². The Balaban J connectivity index is 2.09. The normalized spacial score (nSPS) is 11.6. The summed E-state index contributed by atoms with van der Waals surface area (Å²) in [7, 11) is 0. The van der Waals surface area contributed by atoms with Crippen LogP contribution >= 0.6 is 11.6 Å². The van der Waals surface area contributed by atoms with Gasteiger partial charge in [-0.25, -0.2) is 0 Å². The third-order valence-corrected chi connectivity index (χ3v) is 3.92. The molecule has 126 valence electrons. The molecule has 2 aromatic rings. The minimum atomic E-state index is -0.193. The zero-order chi connectivity index (χ0) is 17.5. The molecule has 0 bridgehead atoms. The number of para-hydroxylation sites is 1. The summed E-state index contributed by atoms with van der Waals surface area (Å²) in [5.74, 6) is -0.385. The monoisotopic (exact) mass is 344 g/mol. The Hall–Kier alpha value is -2.33. The Morgan fingerprint density at radius 2 is 1.88 bits per heavy atom. The smallest absolute Gasteiger partial charge is 0.253 e. The van der Waals surface area contributed by atoms with Crippen molar-refractivity contribution in [2.24, 2.45) is 0 Å². The molecule has 4 nitrogen and oxygen atoms in total. The lowest BCUT2D eigenvalue weighted by molar-refractivity contribution is -0.115. The van der Waals surface area contributed by atoms with Crippen molar-refractivity contribution >= 4 is 29.1 Å². The van der Waals surface area contributed by atoms with E-state index in [2.05, 4.69) is 10.6 Å². The largest absolute Gasteiger partial charge is 0.350 e. The summed E-state index contributed by atoms with van der Waals surface area (Å²) in [4.78, 5) is 24.6. The summed E-state index contributed by atoms with van der Waals surface area (Å²) in [6, 6.07) is 14.2. The predicted octanol–water partition coefficient (Wildman–Crippen LogP) is 4.05. The van der Waals surface area contributed by atoms with Gasteiger partial charge in [0.05, 0.1) is 17.7 Å². The van der Waals surface area contributed by atoms with Crippen molar-refractivity contribution in [1.29, 1.82) is 0 Å². The summed E-state index contributed by atoms with van der Waals surface area (Å²) in [5.41, 5.74) is 1.78. The minimum absolute atomic E-state index is 0.0766. The van der Waals surface area contributed by atoms with Gasteiger partial charge in [0.25, 0.3) is 5.91 Å². The summed E-state index contributed by atoms with van der Waals surface area (Å²) in [6.45, 7) is 3.95. The first-order valence-corrected chi connectivity index (χ1v) is 8.31. The van der Waals surface area contributed by atoms with E-state index in [9.17, 15) is 9.59 Å². The Morgan fingerprint density at radius 1 is 1.12 bits per heavy atom. The molecule has 24 heavy (non-hydrogen) atoms. The van der Waals surface area contributed by atoms with Crippen LogP contribution in [0.5, 0.6) is 0 Å². The standard InChI is InChI=1S/C19H21ClN2O2/c1-3-13(2)21-19(24)16-9-4-5-10-17(16)22-18(23)12-14-7-6-8-15(20)11-14/h4-11,13H,3,12H2,1-2H3,(H,21,24)(H,22,23). The van der Waals surface area contributed by atoms with Crippen molar-refractivity contribution < 1.29 is 9.59 Å². The van der Waals surface area contributed by atoms with Crippen LogP contribution in [0.15, 0.2) is 48.5 Å². The van der Waals surface area contributed by atoms with Gasteiger partial charge in [0.2, 0.25) is 5.91 Å². The number of benzene rings is 2. The molecule has 0 heterocycles. The van der Waals surface area contributed by atoms with Gasteiger partial charge in [-0.3, -0.25) is 9.59 Å². The van der Waals surface area contributed by atoms with Gasteiger partial charge in [0.1, 0.15) is 0 Å². The molecule has 0 saturated heterocycles. The molecule has 1 atom stereocenters. The van der Waals surface area contributed by atoms with E-state index in [1.807, 2.05) is 19.9 Å². The molecule has 0 aromatic heterocycles. The lowest BCUT2D eigenvalue weighted by Gasteiger charge is -2.14. The number of hydrogen-bond donors (Lipinski definition) is 2. The molecule has 0 spiro atoms. The molecule has 1 unspecified atom stereocenters. The molecule has 2 amide bonds. The van der Waals surface area contributed by atoms with Crippen LogP contribution in [0.2, 0.25) is 5.02 Å². The topological polar surface area (TPSA) is 58.2 Å². The quantitative estimate of drug-likeness (QED) is 0.830. The molecule has 0 radical (unpaired) electrons. The molecule has 0 aliphatic carbocycles. The minimum Gasteiger partial charge on any atom is -0.350 e. The Labute approximate surface area is 147 Å². The average Bonchev–Trinajstić information content (AvgIpc) is 2.55. The number of nitrogens with one attached hydrogen (secondary N) is 2. The lowest BCUT2D eigenvalue weighted by atomic mass is 10.1. The van der Waals surface area contributed by atoms with Gasteiger partial charge in [0.15, 0.2) is 0 Å². The maximum Gasteiger partial charge on any atom is 0.253 e. The Bertz CT molecular complexity index is 731. The van der Waals surface area contributed by atoms with Crippen molar-refractivity contribution in [1.82, 2.24) is 5.32 Å². The highest BCUT2D eigenvalue weighted by Gasteiger charge is 2.14. The fraction of sp³-hybridized carbons (Fsp3) is 0.263. The number of carbonyl (C=O) groups is 2. The summed E-state index contributed by atoms with van der Waals surface area (Å²) in [5, 5.41) is 6.31. The van der Waals surface area contributed by atoms with Gasteiger partial charge in [-0.2, -0.15) is 0 Å². The molecule has 0 aliphatic rings. The predicted molar refractivity (Wildman–Crippen MR) is 97.4 cm³/mol. The molecule has 2 rings (SSSR count). The molecule has 2 N–H and O–H groups in total. The highest BCUT2D eigenvalue weighted by Crippen LogP contribution is 2.17. The molecule has 5 heteroatoms. The van der Waals surface area contributed by atoms with Crippen molar-refractivity contribution in [2.45, 2.75) is 32.7 Å². The second-order valence-electron chi connectivity index (χ2n) is 5.68. The van der Waals surface area contributed by atoms with Crippen LogP contribution in [0, 0.1) is 0 Å². The molecular formula is C19H21ClN2O2. The highest BCUT2D eigenvalue weighted by atomic mass is 35.5.